The molecular weight excluding hydrogens is 218 g/mol. The van der Waals surface area contributed by atoms with E-state index in [0.717, 1.165) is 18.8 Å². The summed E-state index contributed by atoms with van der Waals surface area (Å²) < 4.78 is 0. The molecule has 1 unspecified atom stereocenters. The number of nitrogens with two attached hydrogens (primary N) is 1. The van der Waals surface area contributed by atoms with Crippen LogP contribution in [0.25, 0.3) is 0 Å². The van der Waals surface area contributed by atoms with E-state index in [0.29, 0.717) is 6.04 Å². The molecule has 2 rings (SSSR count). The van der Waals surface area contributed by atoms with Crippen LogP contribution in [0, 0.1) is 12.8 Å². The van der Waals surface area contributed by atoms with Gasteiger partial charge in [-0.25, -0.2) is 0 Å². The summed E-state index contributed by atoms with van der Waals surface area (Å²) in [6, 6.07) is 9.20. The van der Waals surface area contributed by atoms with Crippen molar-refractivity contribution in [3.05, 3.63) is 35.4 Å². The van der Waals surface area contributed by atoms with Crippen LogP contribution in [0.15, 0.2) is 24.3 Å². The van der Waals surface area contributed by atoms with Crippen molar-refractivity contribution in [3.8, 4) is 0 Å². The summed E-state index contributed by atoms with van der Waals surface area (Å²) in [5.41, 5.74) is 9.03. The zero-order chi connectivity index (χ0) is 12.8. The average molecular weight is 245 g/mol. The molecule has 1 aromatic rings. The van der Waals surface area contributed by atoms with Gasteiger partial charge in [-0.2, -0.15) is 0 Å². The Morgan fingerprint density at radius 3 is 2.72 bits per heavy atom. The van der Waals surface area contributed by atoms with E-state index in [2.05, 4.69) is 31.2 Å². The first-order valence-electron chi connectivity index (χ1n) is 7.55. The summed E-state index contributed by atoms with van der Waals surface area (Å²) in [5, 5.41) is 0. The molecule has 1 aliphatic rings. The molecule has 0 spiro atoms. The Labute approximate surface area is 112 Å². The van der Waals surface area contributed by atoms with Gasteiger partial charge in [0.1, 0.15) is 0 Å². The van der Waals surface area contributed by atoms with Crippen LogP contribution in [0.5, 0.6) is 0 Å². The Morgan fingerprint density at radius 2 is 2.00 bits per heavy atom. The number of rotatable bonds is 6. The Bertz CT molecular complexity index is 352. The number of hydrogen-bond donors (Lipinski definition) is 1. The Kier molecular flexibility index (Phi) is 5.25. The maximum Gasteiger partial charge on any atom is 0.00420 e. The first-order chi connectivity index (χ1) is 8.74. The summed E-state index contributed by atoms with van der Waals surface area (Å²) >= 11 is 0. The molecular formula is C17H27N. The van der Waals surface area contributed by atoms with E-state index in [1.54, 1.807) is 0 Å². The van der Waals surface area contributed by atoms with Crippen molar-refractivity contribution in [2.24, 2.45) is 11.7 Å². The summed E-state index contributed by atoms with van der Waals surface area (Å²) in [7, 11) is 0. The van der Waals surface area contributed by atoms with E-state index in [-0.39, 0.29) is 0 Å². The predicted molar refractivity (Wildman–Crippen MR) is 78.7 cm³/mol. The standard InChI is InChI=1S/C17H27N/c1-14-5-4-8-16(13-14)10-12-17(18)11-9-15-6-2-3-7-15/h4-5,8,13,15,17H,2-3,6-7,9-12,18H2,1H3. The molecule has 0 saturated heterocycles. The molecule has 0 bridgehead atoms. The first kappa shape index (κ1) is 13.6. The van der Waals surface area contributed by atoms with E-state index in [4.69, 9.17) is 5.73 Å². The van der Waals surface area contributed by atoms with Crippen LogP contribution in [-0.4, -0.2) is 6.04 Å². The van der Waals surface area contributed by atoms with Gasteiger partial charge >= 0.3 is 0 Å². The Morgan fingerprint density at radius 1 is 1.22 bits per heavy atom. The lowest BCUT2D eigenvalue weighted by molar-refractivity contribution is 0.437. The van der Waals surface area contributed by atoms with Crippen LogP contribution >= 0.6 is 0 Å². The minimum atomic E-state index is 0.395. The van der Waals surface area contributed by atoms with Crippen LogP contribution in [0.1, 0.15) is 56.1 Å². The van der Waals surface area contributed by atoms with Crippen molar-refractivity contribution >= 4 is 0 Å². The van der Waals surface area contributed by atoms with Crippen molar-refractivity contribution in [1.29, 1.82) is 0 Å². The van der Waals surface area contributed by atoms with Gasteiger partial charge < -0.3 is 5.73 Å². The molecule has 1 atom stereocenters. The van der Waals surface area contributed by atoms with Gasteiger partial charge in [0.05, 0.1) is 0 Å². The van der Waals surface area contributed by atoms with Crippen LogP contribution in [0.2, 0.25) is 0 Å². The van der Waals surface area contributed by atoms with Gasteiger partial charge in [0.2, 0.25) is 0 Å². The van der Waals surface area contributed by atoms with Crippen molar-refractivity contribution in [2.45, 2.75) is 64.3 Å². The molecule has 1 saturated carbocycles. The number of benzene rings is 1. The monoisotopic (exact) mass is 245 g/mol. The summed E-state index contributed by atoms with van der Waals surface area (Å²) in [6.07, 6.45) is 10.6. The lowest BCUT2D eigenvalue weighted by atomic mass is 9.95. The third-order valence-electron chi connectivity index (χ3n) is 4.31. The van der Waals surface area contributed by atoms with Crippen LogP contribution < -0.4 is 5.73 Å². The fraction of sp³-hybridized carbons (Fsp3) is 0.647. The third kappa shape index (κ3) is 4.45. The van der Waals surface area contributed by atoms with Gasteiger partial charge in [0.25, 0.3) is 0 Å². The highest BCUT2D eigenvalue weighted by atomic mass is 14.6. The molecule has 18 heavy (non-hydrogen) atoms. The number of hydrogen-bond acceptors (Lipinski definition) is 1. The summed E-state index contributed by atoms with van der Waals surface area (Å²) in [6.45, 7) is 2.16. The topological polar surface area (TPSA) is 26.0 Å². The Hall–Kier alpha value is -0.820. The van der Waals surface area contributed by atoms with Crippen LogP contribution in [0.3, 0.4) is 0 Å². The zero-order valence-corrected chi connectivity index (χ0v) is 11.7. The van der Waals surface area contributed by atoms with E-state index in [9.17, 15) is 0 Å². The molecule has 1 heteroatoms. The van der Waals surface area contributed by atoms with Gasteiger partial charge in [-0.05, 0) is 44.1 Å². The van der Waals surface area contributed by atoms with E-state index < -0.39 is 0 Å². The van der Waals surface area contributed by atoms with Crippen molar-refractivity contribution in [3.63, 3.8) is 0 Å². The molecule has 100 valence electrons. The Balaban J connectivity index is 1.66. The fourth-order valence-electron chi connectivity index (χ4n) is 3.11. The third-order valence-corrected chi connectivity index (χ3v) is 4.31. The van der Waals surface area contributed by atoms with E-state index in [1.807, 2.05) is 0 Å². The highest BCUT2D eigenvalue weighted by Crippen LogP contribution is 2.29. The van der Waals surface area contributed by atoms with Gasteiger partial charge in [0.15, 0.2) is 0 Å². The first-order valence-corrected chi connectivity index (χ1v) is 7.55. The van der Waals surface area contributed by atoms with Gasteiger partial charge in [-0.1, -0.05) is 55.5 Å². The minimum absolute atomic E-state index is 0.395. The molecule has 1 nitrogen and oxygen atoms in total. The van der Waals surface area contributed by atoms with Crippen molar-refractivity contribution in [2.75, 3.05) is 0 Å². The largest absolute Gasteiger partial charge is 0.328 e. The highest BCUT2D eigenvalue weighted by molar-refractivity contribution is 5.22. The quantitative estimate of drug-likeness (QED) is 0.797. The maximum atomic E-state index is 6.24. The molecule has 0 aliphatic heterocycles. The second-order valence-corrected chi connectivity index (χ2v) is 6.02. The van der Waals surface area contributed by atoms with Crippen LogP contribution in [0.4, 0.5) is 0 Å². The lowest BCUT2D eigenvalue weighted by Gasteiger charge is -2.14. The maximum absolute atomic E-state index is 6.24. The second-order valence-electron chi connectivity index (χ2n) is 6.02. The van der Waals surface area contributed by atoms with Gasteiger partial charge in [-0.15, -0.1) is 0 Å². The smallest absolute Gasteiger partial charge is 0.00420 e. The van der Waals surface area contributed by atoms with Gasteiger partial charge in [0, 0.05) is 6.04 Å². The van der Waals surface area contributed by atoms with Gasteiger partial charge in [-0.3, -0.25) is 0 Å². The van der Waals surface area contributed by atoms with Crippen LogP contribution in [-0.2, 0) is 6.42 Å². The summed E-state index contributed by atoms with van der Waals surface area (Å²) in [5.74, 6) is 0.981. The van der Waals surface area contributed by atoms with E-state index >= 15 is 0 Å². The molecule has 1 aromatic carbocycles. The van der Waals surface area contributed by atoms with Crippen molar-refractivity contribution < 1.29 is 0 Å². The second kappa shape index (κ2) is 6.94. The molecule has 2 N–H and O–H groups in total. The lowest BCUT2D eigenvalue weighted by Crippen LogP contribution is -2.21. The zero-order valence-electron chi connectivity index (χ0n) is 11.7. The molecule has 1 aliphatic carbocycles. The molecule has 0 aromatic heterocycles. The van der Waals surface area contributed by atoms with Crippen molar-refractivity contribution in [1.82, 2.24) is 0 Å². The summed E-state index contributed by atoms with van der Waals surface area (Å²) in [4.78, 5) is 0. The van der Waals surface area contributed by atoms with E-state index in [1.165, 1.54) is 49.7 Å². The molecule has 1 fully saturated rings. The normalized spacial score (nSPS) is 18.1. The average Bonchev–Trinajstić information content (AvgIpc) is 2.87. The fourth-order valence-corrected chi connectivity index (χ4v) is 3.11. The number of aryl methyl sites for hydroxylation is 2. The minimum Gasteiger partial charge on any atom is -0.328 e. The molecule has 0 radical (unpaired) electrons. The predicted octanol–water partition coefficient (Wildman–Crippen LogP) is 4.23. The SMILES string of the molecule is Cc1cccc(CCC(N)CCC2CCCC2)c1. The molecule has 0 heterocycles. The highest BCUT2D eigenvalue weighted by Gasteiger charge is 2.15. The molecule has 0 amide bonds.